The third-order valence-electron chi connectivity index (χ3n) is 4.82. The number of hydrogen-bond acceptors (Lipinski definition) is 6. The molecule has 0 saturated carbocycles. The maximum atomic E-state index is 12.8. The van der Waals surface area contributed by atoms with Gasteiger partial charge in [0.25, 0.3) is 5.91 Å². The molecule has 8 nitrogen and oxygen atoms in total. The molecule has 0 fully saturated rings. The summed E-state index contributed by atoms with van der Waals surface area (Å²) in [6.45, 7) is 1.02. The zero-order valence-electron chi connectivity index (χ0n) is 16.0. The number of nitrogens with zero attached hydrogens (tertiary/aromatic N) is 2. The molecule has 0 saturated heterocycles. The highest BCUT2D eigenvalue weighted by Crippen LogP contribution is 2.43. The Bertz CT molecular complexity index is 895. The monoisotopic (exact) mass is 386 g/mol. The van der Waals surface area contributed by atoms with Crippen molar-refractivity contribution in [2.45, 2.75) is 12.8 Å². The Hall–Kier alpha value is -3.29. The largest absolute Gasteiger partial charge is 0.493 e. The van der Waals surface area contributed by atoms with Crippen LogP contribution in [0, 0.1) is 0 Å². The summed E-state index contributed by atoms with van der Waals surface area (Å²) in [7, 11) is 4.72. The van der Waals surface area contributed by atoms with E-state index in [1.165, 1.54) is 18.3 Å². The molecular formula is C20H22N2O6. The van der Waals surface area contributed by atoms with Gasteiger partial charge in [0.2, 0.25) is 5.75 Å². The van der Waals surface area contributed by atoms with E-state index in [1.807, 2.05) is 6.07 Å². The molecule has 1 aliphatic heterocycles. The summed E-state index contributed by atoms with van der Waals surface area (Å²) in [5, 5.41) is 8.95. The highest BCUT2D eigenvalue weighted by atomic mass is 16.5. The fraction of sp³-hybridized carbons (Fsp3) is 0.350. The number of aromatic nitrogens is 1. The van der Waals surface area contributed by atoms with Crippen molar-refractivity contribution in [2.24, 2.45) is 0 Å². The molecule has 2 aromatic rings. The van der Waals surface area contributed by atoms with Gasteiger partial charge in [-0.3, -0.25) is 4.79 Å². The standard InChI is InChI=1S/C20H22N2O6/c1-26-16-10-12-6-8-22(9-7-14(12)17(27-2)18(16)28-3)19(23)13-4-5-15(20(24)25)21-11-13/h4-5,10-11H,6-9H2,1-3H3,(H,24,25). The van der Waals surface area contributed by atoms with E-state index in [1.54, 1.807) is 26.2 Å². The molecule has 0 spiro atoms. The van der Waals surface area contributed by atoms with Gasteiger partial charge in [-0.2, -0.15) is 0 Å². The van der Waals surface area contributed by atoms with Gasteiger partial charge in [-0.05, 0) is 36.6 Å². The van der Waals surface area contributed by atoms with Gasteiger partial charge in [0.1, 0.15) is 5.69 Å². The zero-order valence-corrected chi connectivity index (χ0v) is 16.0. The number of methoxy groups -OCH3 is 3. The summed E-state index contributed by atoms with van der Waals surface area (Å²) in [5.41, 5.74) is 2.31. The second kappa shape index (κ2) is 8.16. The minimum absolute atomic E-state index is 0.0938. The normalized spacial score (nSPS) is 13.3. The van der Waals surface area contributed by atoms with E-state index < -0.39 is 5.97 Å². The van der Waals surface area contributed by atoms with Crippen LogP contribution in [0.4, 0.5) is 0 Å². The van der Waals surface area contributed by atoms with E-state index >= 15 is 0 Å². The van der Waals surface area contributed by atoms with E-state index in [0.29, 0.717) is 48.7 Å². The molecule has 148 valence electrons. The predicted molar refractivity (Wildman–Crippen MR) is 101 cm³/mol. The molecule has 1 aliphatic rings. The highest BCUT2D eigenvalue weighted by Gasteiger charge is 2.26. The Kier molecular flexibility index (Phi) is 5.67. The number of ether oxygens (including phenoxy) is 3. The molecule has 28 heavy (non-hydrogen) atoms. The van der Waals surface area contributed by atoms with Gasteiger partial charge in [-0.1, -0.05) is 0 Å². The number of rotatable bonds is 5. The maximum Gasteiger partial charge on any atom is 0.354 e. The van der Waals surface area contributed by atoms with Crippen LogP contribution in [0.15, 0.2) is 24.4 Å². The molecule has 0 aliphatic carbocycles. The van der Waals surface area contributed by atoms with Crippen LogP contribution in [0.25, 0.3) is 0 Å². The molecule has 0 radical (unpaired) electrons. The topological polar surface area (TPSA) is 98.2 Å². The van der Waals surface area contributed by atoms with Crippen LogP contribution in [0.1, 0.15) is 32.0 Å². The van der Waals surface area contributed by atoms with Crippen molar-refractivity contribution in [3.8, 4) is 17.2 Å². The molecule has 8 heteroatoms. The summed E-state index contributed by atoms with van der Waals surface area (Å²) < 4.78 is 16.4. The fourth-order valence-corrected chi connectivity index (χ4v) is 3.41. The molecule has 1 N–H and O–H groups in total. The number of carboxylic acids is 1. The first-order valence-electron chi connectivity index (χ1n) is 8.79. The van der Waals surface area contributed by atoms with Crippen LogP contribution < -0.4 is 14.2 Å². The third kappa shape index (κ3) is 3.58. The van der Waals surface area contributed by atoms with Crippen LogP contribution >= 0.6 is 0 Å². The number of pyridine rings is 1. The van der Waals surface area contributed by atoms with E-state index in [9.17, 15) is 9.59 Å². The minimum atomic E-state index is -1.13. The van der Waals surface area contributed by atoms with Gasteiger partial charge < -0.3 is 24.2 Å². The molecule has 1 amide bonds. The van der Waals surface area contributed by atoms with E-state index in [-0.39, 0.29) is 11.6 Å². The van der Waals surface area contributed by atoms with Gasteiger partial charge in [0.05, 0.1) is 26.9 Å². The Balaban J connectivity index is 1.85. The summed E-state index contributed by atoms with van der Waals surface area (Å²) in [4.78, 5) is 29.3. The van der Waals surface area contributed by atoms with Crippen LogP contribution in [0.2, 0.25) is 0 Å². The highest BCUT2D eigenvalue weighted by molar-refractivity contribution is 5.95. The average Bonchev–Trinajstić information content (AvgIpc) is 2.94. The summed E-state index contributed by atoms with van der Waals surface area (Å²) in [6, 6.07) is 4.75. The number of benzene rings is 1. The van der Waals surface area contributed by atoms with Crippen molar-refractivity contribution in [1.29, 1.82) is 0 Å². The van der Waals surface area contributed by atoms with Gasteiger partial charge in [-0.25, -0.2) is 9.78 Å². The number of aromatic carboxylic acids is 1. The second-order valence-corrected chi connectivity index (χ2v) is 6.31. The molecule has 1 aromatic heterocycles. The lowest BCUT2D eigenvalue weighted by Crippen LogP contribution is -2.33. The third-order valence-corrected chi connectivity index (χ3v) is 4.82. The van der Waals surface area contributed by atoms with Crippen molar-refractivity contribution >= 4 is 11.9 Å². The molecule has 1 aromatic carbocycles. The summed E-state index contributed by atoms with van der Waals surface area (Å²) >= 11 is 0. The van der Waals surface area contributed by atoms with Crippen LogP contribution in [0.3, 0.4) is 0 Å². The zero-order chi connectivity index (χ0) is 20.3. The van der Waals surface area contributed by atoms with Gasteiger partial charge in [0.15, 0.2) is 11.5 Å². The lowest BCUT2D eigenvalue weighted by Gasteiger charge is -2.20. The molecule has 2 heterocycles. The number of carbonyl (C=O) groups excluding carboxylic acids is 1. The van der Waals surface area contributed by atoms with Gasteiger partial charge in [0, 0.05) is 24.8 Å². The number of fused-ring (bicyclic) bond motifs is 1. The van der Waals surface area contributed by atoms with Crippen LogP contribution in [0.5, 0.6) is 17.2 Å². The lowest BCUT2D eigenvalue weighted by molar-refractivity contribution is 0.0687. The van der Waals surface area contributed by atoms with Crippen LogP contribution in [-0.4, -0.2) is 61.3 Å². The van der Waals surface area contributed by atoms with Crippen molar-refractivity contribution in [3.05, 3.63) is 46.8 Å². The van der Waals surface area contributed by atoms with Gasteiger partial charge >= 0.3 is 5.97 Å². The molecule has 3 rings (SSSR count). The van der Waals surface area contributed by atoms with Crippen LogP contribution in [-0.2, 0) is 12.8 Å². The van der Waals surface area contributed by atoms with E-state index in [4.69, 9.17) is 19.3 Å². The minimum Gasteiger partial charge on any atom is -0.493 e. The number of hydrogen-bond donors (Lipinski definition) is 1. The quantitative estimate of drug-likeness (QED) is 0.840. The first-order valence-corrected chi connectivity index (χ1v) is 8.79. The van der Waals surface area contributed by atoms with Crippen molar-refractivity contribution < 1.29 is 28.9 Å². The average molecular weight is 386 g/mol. The SMILES string of the molecule is COc1cc2c(c(OC)c1OC)CCN(C(=O)c1ccc(C(=O)O)nc1)CC2. The predicted octanol–water partition coefficient (Wildman–Crippen LogP) is 2.05. The maximum absolute atomic E-state index is 12.8. The summed E-state index contributed by atoms with van der Waals surface area (Å²) in [6.07, 6.45) is 2.54. The summed E-state index contributed by atoms with van der Waals surface area (Å²) in [5.74, 6) is 0.441. The second-order valence-electron chi connectivity index (χ2n) is 6.31. The van der Waals surface area contributed by atoms with Crippen molar-refractivity contribution in [3.63, 3.8) is 0 Å². The van der Waals surface area contributed by atoms with Crippen molar-refractivity contribution in [2.75, 3.05) is 34.4 Å². The molecule has 0 atom stereocenters. The lowest BCUT2D eigenvalue weighted by atomic mass is 10.0. The molecular weight excluding hydrogens is 364 g/mol. The Labute approximate surface area is 162 Å². The van der Waals surface area contributed by atoms with E-state index in [2.05, 4.69) is 4.98 Å². The molecule has 0 unspecified atom stereocenters. The number of carboxylic acid groups (broad SMARTS) is 1. The first kappa shape index (κ1) is 19.5. The van der Waals surface area contributed by atoms with Crippen molar-refractivity contribution in [1.82, 2.24) is 9.88 Å². The first-order chi connectivity index (χ1) is 13.5. The molecule has 0 bridgehead atoms. The van der Waals surface area contributed by atoms with E-state index in [0.717, 1.165) is 11.1 Å². The fourth-order valence-electron chi connectivity index (χ4n) is 3.41. The smallest absolute Gasteiger partial charge is 0.354 e. The number of carbonyl (C=O) groups is 2. The van der Waals surface area contributed by atoms with Gasteiger partial charge in [-0.15, -0.1) is 0 Å². The Morgan fingerprint density at radius 3 is 2.32 bits per heavy atom. The Morgan fingerprint density at radius 2 is 1.75 bits per heavy atom. The number of amides is 1. The Morgan fingerprint density at radius 1 is 1.04 bits per heavy atom.